The van der Waals surface area contributed by atoms with Crippen LogP contribution in [-0.4, -0.2) is 50.1 Å². The average molecular weight is 391 g/mol. The van der Waals surface area contributed by atoms with Crippen molar-refractivity contribution in [3.8, 4) is 0 Å². The summed E-state index contributed by atoms with van der Waals surface area (Å²) in [5.41, 5.74) is 0.0889. The number of methoxy groups -OCH3 is 1. The van der Waals surface area contributed by atoms with Crippen LogP contribution in [0.2, 0.25) is 10.0 Å². The van der Waals surface area contributed by atoms with Crippen molar-refractivity contribution >= 4 is 35.0 Å². The van der Waals surface area contributed by atoms with Crippen molar-refractivity contribution in [1.82, 2.24) is 10.2 Å². The van der Waals surface area contributed by atoms with E-state index in [4.69, 9.17) is 27.9 Å². The Hall–Kier alpha value is -1.37. The molecule has 1 saturated heterocycles. The largest absolute Gasteiger partial charge is 0.385 e. The Bertz CT molecular complexity index is 635. The van der Waals surface area contributed by atoms with Gasteiger partial charge in [-0.3, -0.25) is 9.59 Å². The Balaban J connectivity index is 1.88. The summed E-state index contributed by atoms with van der Waals surface area (Å²) in [6, 6.07) is 2.29. The van der Waals surface area contributed by atoms with Gasteiger partial charge in [0.15, 0.2) is 0 Å². The fourth-order valence-electron chi connectivity index (χ4n) is 2.77. The van der Waals surface area contributed by atoms with E-state index in [2.05, 4.69) is 5.32 Å². The number of benzene rings is 1. The van der Waals surface area contributed by atoms with Crippen LogP contribution in [0.3, 0.4) is 0 Å². The quantitative estimate of drug-likeness (QED) is 0.599. The molecule has 1 aliphatic rings. The Morgan fingerprint density at radius 1 is 1.28 bits per heavy atom. The molecular weight excluding hydrogens is 370 g/mol. The predicted molar refractivity (Wildman–Crippen MR) is 94.6 cm³/mol. The van der Waals surface area contributed by atoms with Gasteiger partial charge >= 0.3 is 0 Å². The van der Waals surface area contributed by atoms with Crippen molar-refractivity contribution in [2.45, 2.75) is 19.3 Å². The zero-order valence-electron chi connectivity index (χ0n) is 14.0. The van der Waals surface area contributed by atoms with Gasteiger partial charge < -0.3 is 15.0 Å². The Morgan fingerprint density at radius 2 is 1.96 bits per heavy atom. The first-order valence-corrected chi connectivity index (χ1v) is 8.90. The average Bonchev–Trinajstić information content (AvgIpc) is 2.61. The van der Waals surface area contributed by atoms with E-state index < -0.39 is 5.82 Å². The molecule has 1 N–H and O–H groups in total. The summed E-state index contributed by atoms with van der Waals surface area (Å²) in [5.74, 6) is -1.15. The number of rotatable bonds is 6. The summed E-state index contributed by atoms with van der Waals surface area (Å²) < 4.78 is 18.5. The number of amides is 2. The number of nitrogens with zero attached hydrogens (tertiary/aromatic N) is 1. The fourth-order valence-corrected chi connectivity index (χ4v) is 3.24. The minimum Gasteiger partial charge on any atom is -0.385 e. The van der Waals surface area contributed by atoms with Crippen LogP contribution in [0.4, 0.5) is 4.39 Å². The van der Waals surface area contributed by atoms with E-state index >= 15 is 0 Å². The van der Waals surface area contributed by atoms with Crippen molar-refractivity contribution < 1.29 is 18.7 Å². The topological polar surface area (TPSA) is 58.6 Å². The van der Waals surface area contributed by atoms with E-state index in [1.54, 1.807) is 12.0 Å². The van der Waals surface area contributed by atoms with Crippen LogP contribution in [0.5, 0.6) is 0 Å². The number of likely N-dealkylation sites (tertiary alicyclic amines) is 1. The molecule has 0 saturated carbocycles. The van der Waals surface area contributed by atoms with Crippen molar-refractivity contribution in [2.24, 2.45) is 5.92 Å². The van der Waals surface area contributed by atoms with Crippen LogP contribution >= 0.6 is 23.2 Å². The molecule has 1 heterocycles. The lowest BCUT2D eigenvalue weighted by molar-refractivity contribution is -0.126. The molecule has 0 unspecified atom stereocenters. The minimum absolute atomic E-state index is 0.00114. The maximum atomic E-state index is 13.6. The van der Waals surface area contributed by atoms with Crippen LogP contribution in [0, 0.1) is 11.7 Å². The number of nitrogens with one attached hydrogen (secondary N) is 1. The highest BCUT2D eigenvalue weighted by Crippen LogP contribution is 2.27. The van der Waals surface area contributed by atoms with Gasteiger partial charge in [0.1, 0.15) is 5.82 Å². The second-order valence-corrected chi connectivity index (χ2v) is 6.76. The van der Waals surface area contributed by atoms with Crippen LogP contribution in [0.15, 0.2) is 12.1 Å². The minimum atomic E-state index is -0.681. The number of carbonyl (C=O) groups excluding carboxylic acids is 2. The zero-order valence-corrected chi connectivity index (χ0v) is 15.5. The molecule has 1 aromatic rings. The lowest BCUT2D eigenvalue weighted by atomic mass is 9.95. The third-order valence-electron chi connectivity index (χ3n) is 4.22. The predicted octanol–water partition coefficient (Wildman–Crippen LogP) is 3.14. The molecule has 0 radical (unpaired) electrons. The lowest BCUT2D eigenvalue weighted by Gasteiger charge is -2.31. The van der Waals surface area contributed by atoms with Gasteiger partial charge in [-0.25, -0.2) is 4.39 Å². The summed E-state index contributed by atoms with van der Waals surface area (Å²) in [7, 11) is 1.62. The highest BCUT2D eigenvalue weighted by Gasteiger charge is 2.28. The van der Waals surface area contributed by atoms with Gasteiger partial charge in [0.25, 0.3) is 5.91 Å². The molecule has 1 aromatic carbocycles. The Labute approximate surface area is 156 Å². The molecule has 1 fully saturated rings. The van der Waals surface area contributed by atoms with E-state index in [9.17, 15) is 14.0 Å². The van der Waals surface area contributed by atoms with Gasteiger partial charge in [0.2, 0.25) is 5.91 Å². The molecule has 138 valence electrons. The summed E-state index contributed by atoms with van der Waals surface area (Å²) in [5, 5.41) is 2.88. The second kappa shape index (κ2) is 9.36. The highest BCUT2D eigenvalue weighted by molar-refractivity contribution is 6.36. The van der Waals surface area contributed by atoms with E-state index in [0.29, 0.717) is 39.1 Å². The summed E-state index contributed by atoms with van der Waals surface area (Å²) >= 11 is 11.7. The number of halogens is 3. The molecule has 0 bridgehead atoms. The number of hydrogen-bond acceptors (Lipinski definition) is 3. The molecule has 2 amide bonds. The van der Waals surface area contributed by atoms with Crippen LogP contribution in [0.25, 0.3) is 0 Å². The van der Waals surface area contributed by atoms with Crippen molar-refractivity contribution in [2.75, 3.05) is 33.4 Å². The van der Waals surface area contributed by atoms with E-state index in [1.165, 1.54) is 6.07 Å². The zero-order chi connectivity index (χ0) is 18.4. The fraction of sp³-hybridized carbons (Fsp3) is 0.529. The second-order valence-electron chi connectivity index (χ2n) is 5.95. The number of piperidine rings is 1. The van der Waals surface area contributed by atoms with Gasteiger partial charge in [-0.15, -0.1) is 0 Å². The van der Waals surface area contributed by atoms with E-state index in [1.807, 2.05) is 0 Å². The molecule has 0 spiro atoms. The highest BCUT2D eigenvalue weighted by atomic mass is 35.5. The molecule has 8 heteroatoms. The summed E-state index contributed by atoms with van der Waals surface area (Å²) in [4.78, 5) is 26.2. The number of ether oxygens (including phenoxy) is 1. The van der Waals surface area contributed by atoms with E-state index in [0.717, 1.165) is 12.5 Å². The third-order valence-corrected chi connectivity index (χ3v) is 4.82. The van der Waals surface area contributed by atoms with Gasteiger partial charge in [-0.2, -0.15) is 0 Å². The van der Waals surface area contributed by atoms with Crippen LogP contribution in [0.1, 0.15) is 29.6 Å². The van der Waals surface area contributed by atoms with Crippen LogP contribution < -0.4 is 5.32 Å². The lowest BCUT2D eigenvalue weighted by Crippen LogP contribution is -2.43. The molecular formula is C17H21Cl2FN2O3. The SMILES string of the molecule is COCCCNC(=O)C1CCN(C(=O)c2cc(F)c(Cl)cc2Cl)CC1. The van der Waals surface area contributed by atoms with Crippen LogP contribution in [-0.2, 0) is 9.53 Å². The standard InChI is InChI=1S/C17H21Cl2FN2O3/c1-25-8-2-5-21-16(23)11-3-6-22(7-4-11)17(24)12-9-15(20)14(19)10-13(12)18/h9-11H,2-8H2,1H3,(H,21,23). The van der Waals surface area contributed by atoms with Gasteiger partial charge in [0.05, 0.1) is 15.6 Å². The normalized spacial score (nSPS) is 15.3. The first kappa shape index (κ1) is 19.9. The number of hydrogen-bond donors (Lipinski definition) is 1. The van der Waals surface area contributed by atoms with Crippen molar-refractivity contribution in [3.05, 3.63) is 33.6 Å². The Morgan fingerprint density at radius 3 is 2.60 bits per heavy atom. The molecule has 2 rings (SSSR count). The maximum absolute atomic E-state index is 13.6. The molecule has 0 aliphatic carbocycles. The first-order valence-electron chi connectivity index (χ1n) is 8.14. The van der Waals surface area contributed by atoms with Gasteiger partial charge in [0, 0.05) is 39.3 Å². The van der Waals surface area contributed by atoms with E-state index in [-0.39, 0.29) is 33.3 Å². The molecule has 0 atom stereocenters. The maximum Gasteiger partial charge on any atom is 0.255 e. The Kier molecular flexibility index (Phi) is 7.47. The summed E-state index contributed by atoms with van der Waals surface area (Å²) in [6.45, 7) is 2.03. The van der Waals surface area contributed by atoms with Gasteiger partial charge in [-0.05, 0) is 31.4 Å². The smallest absolute Gasteiger partial charge is 0.255 e. The first-order chi connectivity index (χ1) is 11.9. The molecule has 0 aromatic heterocycles. The summed E-state index contributed by atoms with van der Waals surface area (Å²) in [6.07, 6.45) is 1.89. The third kappa shape index (κ3) is 5.30. The molecule has 1 aliphatic heterocycles. The van der Waals surface area contributed by atoms with Gasteiger partial charge in [-0.1, -0.05) is 23.2 Å². The van der Waals surface area contributed by atoms with Crippen molar-refractivity contribution in [3.63, 3.8) is 0 Å². The number of carbonyl (C=O) groups is 2. The molecule has 25 heavy (non-hydrogen) atoms. The molecule has 5 nitrogen and oxygen atoms in total. The van der Waals surface area contributed by atoms with Crippen molar-refractivity contribution in [1.29, 1.82) is 0 Å². The monoisotopic (exact) mass is 390 g/mol.